The van der Waals surface area contributed by atoms with Crippen molar-refractivity contribution in [1.82, 2.24) is 9.55 Å². The van der Waals surface area contributed by atoms with Crippen molar-refractivity contribution in [3.63, 3.8) is 0 Å². The summed E-state index contributed by atoms with van der Waals surface area (Å²) in [5, 5.41) is 0.460. The van der Waals surface area contributed by atoms with Crippen LogP contribution in [0.4, 0.5) is 5.69 Å². The normalized spacial score (nSPS) is 12.9. The largest absolute Gasteiger partial charge is 0.322 e. The van der Waals surface area contributed by atoms with Gasteiger partial charge in [-0.15, -0.1) is 0 Å². The number of thioether (sulfide) groups is 1. The molecule has 26 heavy (non-hydrogen) atoms. The predicted molar refractivity (Wildman–Crippen MR) is 105 cm³/mol. The second-order valence-electron chi connectivity index (χ2n) is 6.02. The monoisotopic (exact) mass is 389 g/mol. The standard InChI is InChI=1S/C18H19N3O3S2/c1-12(25-18-19-15-6-4-5-7-16(15)21(18)2)17(22)13-8-10-14(11-9-13)20-26(3,23)24/h4-12,20H,1-3H3/t12-/m1/s1. The molecule has 6 nitrogen and oxygen atoms in total. The van der Waals surface area contributed by atoms with E-state index in [4.69, 9.17) is 0 Å². The van der Waals surface area contributed by atoms with E-state index in [1.165, 1.54) is 11.8 Å². The van der Waals surface area contributed by atoms with Crippen LogP contribution in [-0.4, -0.2) is 35.3 Å². The van der Waals surface area contributed by atoms with Crippen LogP contribution < -0.4 is 4.72 Å². The molecule has 1 atom stereocenters. The highest BCUT2D eigenvalue weighted by Crippen LogP contribution is 2.28. The van der Waals surface area contributed by atoms with E-state index < -0.39 is 10.0 Å². The highest BCUT2D eigenvalue weighted by atomic mass is 32.2. The van der Waals surface area contributed by atoms with E-state index >= 15 is 0 Å². The number of ketones is 1. The number of carbonyl (C=O) groups is 1. The minimum absolute atomic E-state index is 0.0343. The van der Waals surface area contributed by atoms with Crippen LogP contribution in [0.3, 0.4) is 0 Å². The number of aryl methyl sites for hydroxylation is 1. The van der Waals surface area contributed by atoms with E-state index in [9.17, 15) is 13.2 Å². The molecule has 0 unspecified atom stereocenters. The molecule has 0 saturated heterocycles. The fourth-order valence-corrected chi connectivity index (χ4v) is 4.12. The lowest BCUT2D eigenvalue weighted by atomic mass is 10.1. The fraction of sp³-hybridized carbons (Fsp3) is 0.222. The summed E-state index contributed by atoms with van der Waals surface area (Å²) in [6.45, 7) is 1.84. The number of anilines is 1. The summed E-state index contributed by atoms with van der Waals surface area (Å²) in [4.78, 5) is 17.3. The molecule has 0 spiro atoms. The molecule has 2 aromatic carbocycles. The molecular formula is C18H19N3O3S2. The van der Waals surface area contributed by atoms with Crippen molar-refractivity contribution < 1.29 is 13.2 Å². The third-order valence-corrected chi connectivity index (χ3v) is 5.62. The zero-order valence-corrected chi connectivity index (χ0v) is 16.3. The number of aromatic nitrogens is 2. The number of fused-ring (bicyclic) bond motifs is 1. The van der Waals surface area contributed by atoms with Gasteiger partial charge in [-0.05, 0) is 43.3 Å². The fourth-order valence-electron chi connectivity index (χ4n) is 2.59. The average Bonchev–Trinajstić information content (AvgIpc) is 2.90. The maximum absolute atomic E-state index is 12.7. The lowest BCUT2D eigenvalue weighted by Crippen LogP contribution is -2.15. The molecule has 3 rings (SSSR count). The van der Waals surface area contributed by atoms with Crippen molar-refractivity contribution in [3.8, 4) is 0 Å². The third kappa shape index (κ3) is 4.08. The Bertz CT molecular complexity index is 1060. The lowest BCUT2D eigenvalue weighted by Gasteiger charge is -2.11. The molecular weight excluding hydrogens is 370 g/mol. The zero-order chi connectivity index (χ0) is 18.9. The van der Waals surface area contributed by atoms with Crippen molar-refractivity contribution in [2.45, 2.75) is 17.3 Å². The van der Waals surface area contributed by atoms with Gasteiger partial charge in [0.05, 0.1) is 22.5 Å². The molecule has 1 aromatic heterocycles. The Kier molecular flexibility index (Phi) is 5.06. The first-order valence-corrected chi connectivity index (χ1v) is 10.7. The summed E-state index contributed by atoms with van der Waals surface area (Å²) in [7, 11) is -1.40. The molecule has 0 radical (unpaired) electrons. The molecule has 0 aliphatic carbocycles. The second-order valence-corrected chi connectivity index (χ2v) is 9.07. The highest BCUT2D eigenvalue weighted by Gasteiger charge is 2.19. The Balaban J connectivity index is 1.75. The van der Waals surface area contributed by atoms with Gasteiger partial charge >= 0.3 is 0 Å². The number of benzene rings is 2. The second kappa shape index (κ2) is 7.13. The van der Waals surface area contributed by atoms with Crippen LogP contribution in [0.25, 0.3) is 11.0 Å². The van der Waals surface area contributed by atoms with E-state index in [0.29, 0.717) is 11.3 Å². The van der Waals surface area contributed by atoms with Crippen LogP contribution in [0, 0.1) is 0 Å². The van der Waals surface area contributed by atoms with Crippen LogP contribution in [0.5, 0.6) is 0 Å². The molecule has 0 fully saturated rings. The molecule has 3 aromatic rings. The summed E-state index contributed by atoms with van der Waals surface area (Å²) in [6, 6.07) is 14.3. The van der Waals surface area contributed by atoms with Gasteiger partial charge in [-0.3, -0.25) is 9.52 Å². The molecule has 0 saturated carbocycles. The topological polar surface area (TPSA) is 81.1 Å². The highest BCUT2D eigenvalue weighted by molar-refractivity contribution is 8.00. The van der Waals surface area contributed by atoms with Gasteiger partial charge < -0.3 is 4.57 Å². The van der Waals surface area contributed by atoms with Gasteiger partial charge in [-0.25, -0.2) is 13.4 Å². The minimum Gasteiger partial charge on any atom is -0.322 e. The maximum Gasteiger partial charge on any atom is 0.229 e. The molecule has 1 N–H and O–H groups in total. The third-order valence-electron chi connectivity index (χ3n) is 3.87. The summed E-state index contributed by atoms with van der Waals surface area (Å²) < 4.78 is 26.8. The van der Waals surface area contributed by atoms with E-state index in [1.807, 2.05) is 42.8 Å². The first kappa shape index (κ1) is 18.5. The van der Waals surface area contributed by atoms with Crippen molar-refractivity contribution in [2.24, 2.45) is 7.05 Å². The van der Waals surface area contributed by atoms with E-state index in [0.717, 1.165) is 22.4 Å². The number of hydrogen-bond acceptors (Lipinski definition) is 5. The van der Waals surface area contributed by atoms with Crippen molar-refractivity contribution in [1.29, 1.82) is 0 Å². The Morgan fingerprint density at radius 1 is 1.15 bits per heavy atom. The van der Waals surface area contributed by atoms with Crippen LogP contribution in [0.2, 0.25) is 0 Å². The van der Waals surface area contributed by atoms with Gasteiger partial charge in [-0.1, -0.05) is 23.9 Å². The minimum atomic E-state index is -3.33. The van der Waals surface area contributed by atoms with E-state index in [2.05, 4.69) is 9.71 Å². The Hall–Kier alpha value is -2.32. The average molecular weight is 390 g/mol. The summed E-state index contributed by atoms with van der Waals surface area (Å²) >= 11 is 1.40. The first-order chi connectivity index (χ1) is 12.2. The molecule has 8 heteroatoms. The summed E-state index contributed by atoms with van der Waals surface area (Å²) in [5.74, 6) is -0.0343. The van der Waals surface area contributed by atoms with Gasteiger partial charge in [0.2, 0.25) is 10.0 Å². The number of nitrogens with one attached hydrogen (secondary N) is 1. The summed E-state index contributed by atoms with van der Waals surface area (Å²) in [5.41, 5.74) is 2.88. The van der Waals surface area contributed by atoms with Gasteiger partial charge in [0, 0.05) is 18.3 Å². The molecule has 0 aliphatic rings. The van der Waals surface area contributed by atoms with Crippen LogP contribution in [0.1, 0.15) is 17.3 Å². The molecule has 0 aliphatic heterocycles. The Morgan fingerprint density at radius 2 is 1.81 bits per heavy atom. The smallest absolute Gasteiger partial charge is 0.229 e. The lowest BCUT2D eigenvalue weighted by molar-refractivity contribution is 0.0994. The van der Waals surface area contributed by atoms with Crippen molar-refractivity contribution in [2.75, 3.05) is 11.0 Å². The molecule has 1 heterocycles. The SMILES string of the molecule is C[C@@H](Sc1nc2ccccc2n1C)C(=O)c1ccc(NS(C)(=O)=O)cc1. The Labute approximate surface area is 156 Å². The van der Waals surface area contributed by atoms with Crippen LogP contribution in [0.15, 0.2) is 53.7 Å². The molecule has 136 valence electrons. The maximum atomic E-state index is 12.7. The number of nitrogens with zero attached hydrogens (tertiary/aromatic N) is 2. The number of sulfonamides is 1. The van der Waals surface area contributed by atoms with Gasteiger partial charge in [0.15, 0.2) is 10.9 Å². The molecule has 0 amide bonds. The van der Waals surface area contributed by atoms with Crippen molar-refractivity contribution in [3.05, 3.63) is 54.1 Å². The number of para-hydroxylation sites is 2. The van der Waals surface area contributed by atoms with E-state index in [-0.39, 0.29) is 11.0 Å². The zero-order valence-electron chi connectivity index (χ0n) is 14.6. The van der Waals surface area contributed by atoms with Gasteiger partial charge in [0.25, 0.3) is 0 Å². The van der Waals surface area contributed by atoms with E-state index in [1.54, 1.807) is 24.3 Å². The van der Waals surface area contributed by atoms with Gasteiger partial charge in [-0.2, -0.15) is 0 Å². The Morgan fingerprint density at radius 3 is 2.42 bits per heavy atom. The number of Topliss-reactive ketones (excluding diaryl/α,β-unsaturated/α-hetero) is 1. The number of carbonyl (C=O) groups excluding carboxylic acids is 1. The number of imidazole rings is 1. The van der Waals surface area contributed by atoms with Crippen molar-refractivity contribution >= 4 is 44.3 Å². The number of rotatable bonds is 6. The van der Waals surface area contributed by atoms with Crippen LogP contribution in [-0.2, 0) is 17.1 Å². The predicted octanol–water partition coefficient (Wildman–Crippen LogP) is 3.31. The quantitative estimate of drug-likeness (QED) is 0.517. The molecule has 0 bridgehead atoms. The first-order valence-electron chi connectivity index (χ1n) is 7.95. The van der Waals surface area contributed by atoms with Crippen LogP contribution >= 0.6 is 11.8 Å². The number of hydrogen-bond donors (Lipinski definition) is 1. The van der Waals surface area contributed by atoms with Gasteiger partial charge in [0.1, 0.15) is 0 Å². The summed E-state index contributed by atoms with van der Waals surface area (Å²) in [6.07, 6.45) is 1.08.